The van der Waals surface area contributed by atoms with Crippen LogP contribution < -0.4 is 4.74 Å². The number of benzene rings is 1. The lowest BCUT2D eigenvalue weighted by Gasteiger charge is -2.04. The first-order valence-electron chi connectivity index (χ1n) is 4.52. The van der Waals surface area contributed by atoms with Gasteiger partial charge in [0.05, 0.1) is 0 Å². The van der Waals surface area contributed by atoms with Crippen LogP contribution in [0.15, 0.2) is 27.3 Å². The Bertz CT molecular complexity index is 481. The van der Waals surface area contributed by atoms with E-state index in [9.17, 15) is 4.39 Å². The highest BCUT2D eigenvalue weighted by Crippen LogP contribution is 2.21. The van der Waals surface area contributed by atoms with Crippen molar-refractivity contribution in [2.75, 3.05) is 0 Å². The van der Waals surface area contributed by atoms with Crippen LogP contribution in [0.4, 0.5) is 4.39 Å². The smallest absolute Gasteiger partial charge is 0.145 e. The fourth-order valence-electron chi connectivity index (χ4n) is 1.14. The third-order valence-corrected chi connectivity index (χ3v) is 2.42. The van der Waals surface area contributed by atoms with Gasteiger partial charge in [-0.15, -0.1) is 0 Å². The minimum absolute atomic E-state index is 0.200. The van der Waals surface area contributed by atoms with E-state index < -0.39 is 0 Å². The molecule has 0 N–H and O–H groups in total. The SMILES string of the molecule is Cc1nonc1COc1cc(F)cc(Br)c1. The number of aromatic nitrogens is 2. The molecule has 2 aromatic rings. The van der Waals surface area contributed by atoms with E-state index >= 15 is 0 Å². The molecule has 6 heteroatoms. The standard InChI is InChI=1S/C10H8BrFN2O2/c1-6-10(14-16-13-6)5-15-9-3-7(11)2-8(12)4-9/h2-4H,5H2,1H3. The van der Waals surface area contributed by atoms with Crippen molar-refractivity contribution >= 4 is 15.9 Å². The predicted molar refractivity (Wildman–Crippen MR) is 57.5 cm³/mol. The molecule has 4 nitrogen and oxygen atoms in total. The van der Waals surface area contributed by atoms with Gasteiger partial charge in [0.15, 0.2) is 0 Å². The van der Waals surface area contributed by atoms with Crippen molar-refractivity contribution in [2.45, 2.75) is 13.5 Å². The number of hydrogen-bond acceptors (Lipinski definition) is 4. The lowest BCUT2D eigenvalue weighted by Crippen LogP contribution is -1.98. The number of nitrogens with zero attached hydrogens (tertiary/aromatic N) is 2. The largest absolute Gasteiger partial charge is 0.487 e. The Labute approximate surface area is 99.5 Å². The second-order valence-electron chi connectivity index (χ2n) is 3.19. The maximum absolute atomic E-state index is 13.0. The molecule has 0 amide bonds. The van der Waals surface area contributed by atoms with Gasteiger partial charge in [-0.05, 0) is 19.1 Å². The molecule has 84 valence electrons. The molecule has 0 unspecified atom stereocenters. The van der Waals surface area contributed by atoms with Crippen LogP contribution in [-0.4, -0.2) is 10.3 Å². The van der Waals surface area contributed by atoms with Crippen LogP contribution in [0.3, 0.4) is 0 Å². The van der Waals surface area contributed by atoms with Gasteiger partial charge >= 0.3 is 0 Å². The lowest BCUT2D eigenvalue weighted by atomic mass is 10.3. The highest BCUT2D eigenvalue weighted by Gasteiger charge is 2.06. The second-order valence-corrected chi connectivity index (χ2v) is 4.11. The fourth-order valence-corrected chi connectivity index (χ4v) is 1.59. The van der Waals surface area contributed by atoms with Crippen LogP contribution in [0, 0.1) is 12.7 Å². The van der Waals surface area contributed by atoms with E-state index in [0.29, 0.717) is 21.6 Å². The molecule has 2 rings (SSSR count). The van der Waals surface area contributed by atoms with Crippen LogP contribution in [0.25, 0.3) is 0 Å². The Balaban J connectivity index is 2.07. The van der Waals surface area contributed by atoms with Crippen molar-refractivity contribution in [3.05, 3.63) is 39.9 Å². The summed E-state index contributed by atoms with van der Waals surface area (Å²) in [5.74, 6) is 0.0636. The summed E-state index contributed by atoms with van der Waals surface area (Å²) in [6.45, 7) is 1.96. The van der Waals surface area contributed by atoms with Crippen LogP contribution in [0.1, 0.15) is 11.4 Å². The molecule has 1 aromatic carbocycles. The number of aryl methyl sites for hydroxylation is 1. The van der Waals surface area contributed by atoms with Gasteiger partial charge in [0.2, 0.25) is 0 Å². The first-order chi connectivity index (χ1) is 7.65. The van der Waals surface area contributed by atoms with Gasteiger partial charge in [-0.2, -0.15) is 0 Å². The zero-order chi connectivity index (χ0) is 11.5. The molecule has 1 heterocycles. The van der Waals surface area contributed by atoms with Crippen molar-refractivity contribution < 1.29 is 13.8 Å². The Kier molecular flexibility index (Phi) is 3.19. The van der Waals surface area contributed by atoms with Gasteiger partial charge in [-0.1, -0.05) is 26.2 Å². The molecule has 0 fully saturated rings. The van der Waals surface area contributed by atoms with Gasteiger partial charge < -0.3 is 4.74 Å². The van der Waals surface area contributed by atoms with Gasteiger partial charge in [0.25, 0.3) is 0 Å². The van der Waals surface area contributed by atoms with E-state index in [0.717, 1.165) is 0 Å². The van der Waals surface area contributed by atoms with Gasteiger partial charge in [0.1, 0.15) is 29.6 Å². The van der Waals surface area contributed by atoms with E-state index in [1.165, 1.54) is 12.1 Å². The monoisotopic (exact) mass is 286 g/mol. The molecule has 16 heavy (non-hydrogen) atoms. The summed E-state index contributed by atoms with van der Waals surface area (Å²) in [6, 6.07) is 4.33. The minimum Gasteiger partial charge on any atom is -0.487 e. The minimum atomic E-state index is -0.362. The summed E-state index contributed by atoms with van der Waals surface area (Å²) in [4.78, 5) is 0. The Morgan fingerprint density at radius 3 is 2.81 bits per heavy atom. The lowest BCUT2D eigenvalue weighted by molar-refractivity contribution is 0.269. The van der Waals surface area contributed by atoms with Gasteiger partial charge in [0, 0.05) is 10.5 Å². The number of halogens is 2. The number of hydrogen-bond donors (Lipinski definition) is 0. The number of rotatable bonds is 3. The molecule has 1 aromatic heterocycles. The molecule has 0 aliphatic rings. The Morgan fingerprint density at radius 2 is 2.19 bits per heavy atom. The number of ether oxygens (including phenoxy) is 1. The van der Waals surface area contributed by atoms with Crippen LogP contribution in [0.2, 0.25) is 0 Å². The van der Waals surface area contributed by atoms with Crippen molar-refractivity contribution in [1.82, 2.24) is 10.3 Å². The Hall–Kier alpha value is -1.43. The van der Waals surface area contributed by atoms with E-state index in [1.807, 2.05) is 0 Å². The molecule has 0 radical (unpaired) electrons. The van der Waals surface area contributed by atoms with Crippen molar-refractivity contribution in [2.24, 2.45) is 0 Å². The van der Waals surface area contributed by atoms with Crippen molar-refractivity contribution in [1.29, 1.82) is 0 Å². The fraction of sp³-hybridized carbons (Fsp3) is 0.200. The summed E-state index contributed by atoms with van der Waals surface area (Å²) >= 11 is 3.18. The van der Waals surface area contributed by atoms with Gasteiger partial charge in [-0.3, -0.25) is 0 Å². The second kappa shape index (κ2) is 4.61. The first-order valence-corrected chi connectivity index (χ1v) is 5.31. The van der Waals surface area contributed by atoms with E-state index in [2.05, 4.69) is 30.9 Å². The van der Waals surface area contributed by atoms with Crippen molar-refractivity contribution in [3.63, 3.8) is 0 Å². The maximum atomic E-state index is 13.0. The van der Waals surface area contributed by atoms with E-state index in [1.54, 1.807) is 13.0 Å². The molecule has 0 aliphatic carbocycles. The highest BCUT2D eigenvalue weighted by molar-refractivity contribution is 9.10. The molecule has 0 aliphatic heterocycles. The summed E-state index contributed by atoms with van der Waals surface area (Å²) in [5.41, 5.74) is 1.26. The maximum Gasteiger partial charge on any atom is 0.145 e. The summed E-state index contributed by atoms with van der Waals surface area (Å²) in [7, 11) is 0. The predicted octanol–water partition coefficient (Wildman–Crippen LogP) is 2.86. The van der Waals surface area contributed by atoms with E-state index in [4.69, 9.17) is 4.74 Å². The third kappa shape index (κ3) is 2.57. The first kappa shape index (κ1) is 11.1. The molecule has 0 spiro atoms. The van der Waals surface area contributed by atoms with Crippen LogP contribution in [-0.2, 0) is 6.61 Å². The molecule has 0 bridgehead atoms. The Morgan fingerprint density at radius 1 is 1.38 bits per heavy atom. The average Bonchev–Trinajstić information content (AvgIpc) is 2.59. The zero-order valence-corrected chi connectivity index (χ0v) is 9.99. The highest BCUT2D eigenvalue weighted by atomic mass is 79.9. The summed E-state index contributed by atoms with van der Waals surface area (Å²) in [6.07, 6.45) is 0. The zero-order valence-electron chi connectivity index (χ0n) is 8.41. The summed E-state index contributed by atoms with van der Waals surface area (Å²) < 4.78 is 23.5. The van der Waals surface area contributed by atoms with Crippen LogP contribution in [0.5, 0.6) is 5.75 Å². The van der Waals surface area contributed by atoms with Gasteiger partial charge in [-0.25, -0.2) is 9.02 Å². The molecule has 0 saturated heterocycles. The molecule has 0 atom stereocenters. The van der Waals surface area contributed by atoms with Crippen LogP contribution >= 0.6 is 15.9 Å². The molecular weight excluding hydrogens is 279 g/mol. The third-order valence-electron chi connectivity index (χ3n) is 1.96. The molecule has 0 saturated carbocycles. The summed E-state index contributed by atoms with van der Waals surface area (Å²) in [5, 5.41) is 7.27. The van der Waals surface area contributed by atoms with Crippen molar-refractivity contribution in [3.8, 4) is 5.75 Å². The topological polar surface area (TPSA) is 48.2 Å². The quantitative estimate of drug-likeness (QED) is 0.871. The molecular formula is C10H8BrFN2O2. The van der Waals surface area contributed by atoms with E-state index in [-0.39, 0.29) is 12.4 Å². The normalized spacial score (nSPS) is 10.4. The average molecular weight is 287 g/mol.